The minimum Gasteiger partial charge on any atom is -0.381 e. The van der Waals surface area contributed by atoms with E-state index in [1.54, 1.807) is 0 Å². The van der Waals surface area contributed by atoms with Crippen LogP contribution in [0.1, 0.15) is 25.7 Å². The maximum absolute atomic E-state index is 6.02. The van der Waals surface area contributed by atoms with Crippen LogP contribution in [-0.2, 0) is 0 Å². The summed E-state index contributed by atoms with van der Waals surface area (Å²) in [5.41, 5.74) is 2.81. The number of anilines is 2. The molecule has 1 heterocycles. The first kappa shape index (κ1) is 10.3. The van der Waals surface area contributed by atoms with Gasteiger partial charge in [-0.25, -0.2) is 0 Å². The van der Waals surface area contributed by atoms with Gasteiger partial charge in [-0.05, 0) is 31.0 Å². The molecule has 1 saturated carbocycles. The Kier molecular flexibility index (Phi) is 2.28. The van der Waals surface area contributed by atoms with Crippen molar-refractivity contribution in [2.75, 3.05) is 23.8 Å². The zero-order chi connectivity index (χ0) is 11.2. The molecule has 1 aliphatic heterocycles. The molecular formula is C13H17ClN2. The Balaban J connectivity index is 2.01. The molecule has 86 valence electrons. The number of benzene rings is 1. The van der Waals surface area contributed by atoms with Crippen LogP contribution >= 0.6 is 11.6 Å². The second-order valence-electron chi connectivity index (χ2n) is 5.01. The van der Waals surface area contributed by atoms with E-state index < -0.39 is 0 Å². The van der Waals surface area contributed by atoms with Gasteiger partial charge in [-0.1, -0.05) is 24.4 Å². The second-order valence-corrected chi connectivity index (χ2v) is 5.44. The molecule has 16 heavy (non-hydrogen) atoms. The van der Waals surface area contributed by atoms with E-state index in [2.05, 4.69) is 23.3 Å². The van der Waals surface area contributed by atoms with E-state index in [1.807, 2.05) is 12.1 Å². The SMILES string of the molecule is CN1c2ccc(Cl)cc2NCC12CCCC2. The van der Waals surface area contributed by atoms with Gasteiger partial charge in [-0.3, -0.25) is 0 Å². The van der Waals surface area contributed by atoms with Crippen molar-refractivity contribution in [3.8, 4) is 0 Å². The summed E-state index contributed by atoms with van der Waals surface area (Å²) in [6.45, 7) is 1.05. The van der Waals surface area contributed by atoms with Crippen molar-refractivity contribution in [1.29, 1.82) is 0 Å². The number of likely N-dealkylation sites (N-methyl/N-ethyl adjacent to an activating group) is 1. The van der Waals surface area contributed by atoms with Gasteiger partial charge in [-0.2, -0.15) is 0 Å². The van der Waals surface area contributed by atoms with E-state index in [1.165, 1.54) is 37.1 Å². The van der Waals surface area contributed by atoms with Crippen LogP contribution in [-0.4, -0.2) is 19.1 Å². The predicted molar refractivity (Wildman–Crippen MR) is 69.5 cm³/mol. The number of nitrogens with zero attached hydrogens (tertiary/aromatic N) is 1. The second kappa shape index (κ2) is 3.56. The fraction of sp³-hybridized carbons (Fsp3) is 0.538. The molecule has 1 N–H and O–H groups in total. The van der Waals surface area contributed by atoms with E-state index in [0.717, 1.165) is 11.6 Å². The quantitative estimate of drug-likeness (QED) is 0.742. The monoisotopic (exact) mass is 236 g/mol. The molecule has 0 amide bonds. The third-order valence-electron chi connectivity index (χ3n) is 4.17. The smallest absolute Gasteiger partial charge is 0.0605 e. The lowest BCUT2D eigenvalue weighted by molar-refractivity contribution is 0.429. The molecular weight excluding hydrogens is 220 g/mol. The number of hydrogen-bond acceptors (Lipinski definition) is 2. The van der Waals surface area contributed by atoms with Gasteiger partial charge in [0.15, 0.2) is 0 Å². The Morgan fingerprint density at radius 1 is 1.31 bits per heavy atom. The zero-order valence-corrected chi connectivity index (χ0v) is 10.3. The number of nitrogens with one attached hydrogen (secondary N) is 1. The summed E-state index contributed by atoms with van der Waals surface area (Å²) in [7, 11) is 2.22. The molecule has 0 unspecified atom stereocenters. The molecule has 0 atom stereocenters. The Bertz CT molecular complexity index is 410. The summed E-state index contributed by atoms with van der Waals surface area (Å²) in [6.07, 6.45) is 5.32. The highest BCUT2D eigenvalue weighted by Gasteiger charge is 2.40. The van der Waals surface area contributed by atoms with Crippen LogP contribution in [0.4, 0.5) is 11.4 Å². The van der Waals surface area contributed by atoms with E-state index in [4.69, 9.17) is 11.6 Å². The molecule has 0 saturated heterocycles. The van der Waals surface area contributed by atoms with Crippen LogP contribution in [0, 0.1) is 0 Å². The molecule has 0 aromatic heterocycles. The zero-order valence-electron chi connectivity index (χ0n) is 9.59. The molecule has 2 aliphatic rings. The lowest BCUT2D eigenvalue weighted by Crippen LogP contribution is -2.52. The van der Waals surface area contributed by atoms with Crippen molar-refractivity contribution in [3.63, 3.8) is 0 Å². The van der Waals surface area contributed by atoms with Crippen molar-refractivity contribution < 1.29 is 0 Å². The molecule has 2 nitrogen and oxygen atoms in total. The summed E-state index contributed by atoms with van der Waals surface area (Å²) < 4.78 is 0. The van der Waals surface area contributed by atoms with Crippen molar-refractivity contribution in [3.05, 3.63) is 23.2 Å². The third-order valence-corrected chi connectivity index (χ3v) is 4.41. The van der Waals surface area contributed by atoms with Crippen LogP contribution in [0.3, 0.4) is 0 Å². The molecule has 0 bridgehead atoms. The van der Waals surface area contributed by atoms with Crippen molar-refractivity contribution in [1.82, 2.24) is 0 Å². The normalized spacial score (nSPS) is 22.0. The Morgan fingerprint density at radius 2 is 2.06 bits per heavy atom. The lowest BCUT2D eigenvalue weighted by atomic mass is 9.92. The van der Waals surface area contributed by atoms with E-state index in [0.29, 0.717) is 5.54 Å². The molecule has 1 aliphatic carbocycles. The molecule has 1 fully saturated rings. The van der Waals surface area contributed by atoms with Gasteiger partial charge in [0.25, 0.3) is 0 Å². The van der Waals surface area contributed by atoms with Gasteiger partial charge >= 0.3 is 0 Å². The number of fused-ring (bicyclic) bond motifs is 1. The highest BCUT2D eigenvalue weighted by Crippen LogP contribution is 2.43. The summed E-state index contributed by atoms with van der Waals surface area (Å²) >= 11 is 6.02. The van der Waals surface area contributed by atoms with E-state index in [-0.39, 0.29) is 0 Å². The first-order chi connectivity index (χ1) is 7.71. The summed E-state index contributed by atoms with van der Waals surface area (Å²) in [5, 5.41) is 4.35. The maximum Gasteiger partial charge on any atom is 0.0605 e. The predicted octanol–water partition coefficient (Wildman–Crippen LogP) is 3.51. The van der Waals surface area contributed by atoms with Crippen molar-refractivity contribution in [2.24, 2.45) is 0 Å². The highest BCUT2D eigenvalue weighted by molar-refractivity contribution is 6.31. The fourth-order valence-electron chi connectivity index (χ4n) is 3.12. The Hall–Kier alpha value is -0.890. The molecule has 0 radical (unpaired) electrons. The van der Waals surface area contributed by atoms with Gasteiger partial charge in [0, 0.05) is 18.6 Å². The van der Waals surface area contributed by atoms with Crippen LogP contribution in [0.2, 0.25) is 5.02 Å². The van der Waals surface area contributed by atoms with Gasteiger partial charge in [0.1, 0.15) is 0 Å². The first-order valence-corrected chi connectivity index (χ1v) is 6.36. The molecule has 3 rings (SSSR count). The molecule has 3 heteroatoms. The summed E-state index contributed by atoms with van der Waals surface area (Å²) in [6, 6.07) is 6.13. The first-order valence-electron chi connectivity index (χ1n) is 5.99. The highest BCUT2D eigenvalue weighted by atomic mass is 35.5. The summed E-state index contributed by atoms with van der Waals surface area (Å²) in [5.74, 6) is 0. The average Bonchev–Trinajstić information content (AvgIpc) is 2.74. The van der Waals surface area contributed by atoms with Gasteiger partial charge in [-0.15, -0.1) is 0 Å². The fourth-order valence-corrected chi connectivity index (χ4v) is 3.29. The van der Waals surface area contributed by atoms with Crippen LogP contribution in [0.25, 0.3) is 0 Å². The number of hydrogen-bond donors (Lipinski definition) is 1. The number of halogens is 1. The van der Waals surface area contributed by atoms with Gasteiger partial charge < -0.3 is 10.2 Å². The third kappa shape index (κ3) is 1.40. The van der Waals surface area contributed by atoms with Gasteiger partial charge in [0.2, 0.25) is 0 Å². The van der Waals surface area contributed by atoms with Crippen LogP contribution in [0.5, 0.6) is 0 Å². The van der Waals surface area contributed by atoms with E-state index in [9.17, 15) is 0 Å². The summed E-state index contributed by atoms with van der Waals surface area (Å²) in [4.78, 5) is 2.46. The standard InChI is InChI=1S/C13H17ClN2/c1-16-12-5-4-10(14)8-11(12)15-9-13(16)6-2-3-7-13/h4-5,8,15H,2-3,6-7,9H2,1H3. The Morgan fingerprint density at radius 3 is 2.81 bits per heavy atom. The largest absolute Gasteiger partial charge is 0.381 e. The van der Waals surface area contributed by atoms with Crippen LogP contribution < -0.4 is 10.2 Å². The van der Waals surface area contributed by atoms with Crippen molar-refractivity contribution in [2.45, 2.75) is 31.2 Å². The van der Waals surface area contributed by atoms with Crippen molar-refractivity contribution >= 4 is 23.0 Å². The Labute approximate surface area is 102 Å². The minimum atomic E-state index is 0.348. The maximum atomic E-state index is 6.02. The molecule has 1 spiro atoms. The molecule has 1 aromatic carbocycles. The van der Waals surface area contributed by atoms with E-state index >= 15 is 0 Å². The number of rotatable bonds is 0. The van der Waals surface area contributed by atoms with Gasteiger partial charge in [0.05, 0.1) is 16.9 Å². The van der Waals surface area contributed by atoms with Crippen LogP contribution in [0.15, 0.2) is 18.2 Å². The minimum absolute atomic E-state index is 0.348. The average molecular weight is 237 g/mol. The molecule has 1 aromatic rings. The lowest BCUT2D eigenvalue weighted by Gasteiger charge is -2.45. The topological polar surface area (TPSA) is 15.3 Å².